The molecule has 0 unspecified atom stereocenters. The first-order valence-corrected chi connectivity index (χ1v) is 10.4. The van der Waals surface area contributed by atoms with Crippen molar-refractivity contribution >= 4 is 25.6 Å². The van der Waals surface area contributed by atoms with Crippen LogP contribution in [0.5, 0.6) is 0 Å². The molecule has 0 N–H and O–H groups in total. The van der Waals surface area contributed by atoms with Crippen LogP contribution in [0.1, 0.15) is 24.8 Å². The molecule has 2 rings (SSSR count). The summed E-state index contributed by atoms with van der Waals surface area (Å²) in [7, 11) is -1.57. The van der Waals surface area contributed by atoms with Crippen molar-refractivity contribution in [3.8, 4) is 0 Å². The van der Waals surface area contributed by atoms with E-state index in [4.69, 9.17) is 16.3 Å². The van der Waals surface area contributed by atoms with E-state index in [1.54, 1.807) is 0 Å². The monoisotopic (exact) mass is 296 g/mol. The second-order valence-electron chi connectivity index (χ2n) is 5.52. The lowest BCUT2D eigenvalue weighted by atomic mass is 10.2. The normalized spacial score (nSPS) is 17.9. The number of benzene rings is 1. The molecule has 1 saturated heterocycles. The smallest absolute Gasteiger partial charge is 0.303 e. The zero-order valence-corrected chi connectivity index (χ0v) is 13.0. The summed E-state index contributed by atoms with van der Waals surface area (Å²) in [5.74, 6) is -0.0573. The van der Waals surface area contributed by atoms with Crippen LogP contribution in [0.2, 0.25) is 18.1 Å². The number of carbonyl (C=O) groups is 1. The summed E-state index contributed by atoms with van der Waals surface area (Å²) in [6.07, 6.45) is 3.78. The lowest BCUT2D eigenvalue weighted by molar-refractivity contribution is -0.142. The summed E-state index contributed by atoms with van der Waals surface area (Å²) < 4.78 is 5.39. The molecule has 0 amide bonds. The molecule has 19 heavy (non-hydrogen) atoms. The van der Waals surface area contributed by atoms with E-state index < -0.39 is 8.07 Å². The average Bonchev–Trinajstić information content (AvgIpc) is 2.47. The van der Waals surface area contributed by atoms with E-state index in [1.165, 1.54) is 31.4 Å². The van der Waals surface area contributed by atoms with Gasteiger partial charge in [-0.25, -0.2) is 0 Å². The first kappa shape index (κ1) is 14.6. The van der Waals surface area contributed by atoms with Crippen LogP contribution in [0.4, 0.5) is 0 Å². The highest BCUT2D eigenvalue weighted by atomic mass is 35.5. The van der Waals surface area contributed by atoms with E-state index in [0.717, 1.165) is 5.56 Å². The third kappa shape index (κ3) is 4.36. The van der Waals surface area contributed by atoms with Crippen molar-refractivity contribution in [2.24, 2.45) is 0 Å². The van der Waals surface area contributed by atoms with E-state index in [-0.39, 0.29) is 5.97 Å². The van der Waals surface area contributed by atoms with Gasteiger partial charge in [-0.15, -0.1) is 11.6 Å². The molecular formula is C15H21ClO2Si. The number of halogens is 1. The molecule has 1 fully saturated rings. The standard InChI is InChI=1S/C15H21ClO2Si/c16-13-19(9-5-2-6-10-19)12-15(17)18-11-14-7-3-1-4-8-14/h1,3-4,7-8H,2,5-6,9-13H2. The summed E-state index contributed by atoms with van der Waals surface area (Å²) in [6.45, 7) is 0.381. The fourth-order valence-electron chi connectivity index (χ4n) is 2.75. The zero-order valence-electron chi connectivity index (χ0n) is 11.2. The molecule has 1 aromatic carbocycles. The molecular weight excluding hydrogens is 276 g/mol. The van der Waals surface area contributed by atoms with Crippen molar-refractivity contribution in [2.45, 2.75) is 44.0 Å². The van der Waals surface area contributed by atoms with Crippen LogP contribution in [0, 0.1) is 0 Å². The Kier molecular flexibility index (Phi) is 5.46. The third-order valence-electron chi connectivity index (χ3n) is 3.96. The largest absolute Gasteiger partial charge is 0.461 e. The topological polar surface area (TPSA) is 26.3 Å². The first-order chi connectivity index (χ1) is 9.24. The summed E-state index contributed by atoms with van der Waals surface area (Å²) in [4.78, 5) is 12.0. The van der Waals surface area contributed by atoms with Gasteiger partial charge in [0.05, 0.1) is 8.07 Å². The fourth-order valence-corrected chi connectivity index (χ4v) is 7.52. The Morgan fingerprint density at radius 2 is 1.84 bits per heavy atom. The van der Waals surface area contributed by atoms with Crippen LogP contribution < -0.4 is 0 Å². The van der Waals surface area contributed by atoms with Gasteiger partial charge in [0.1, 0.15) is 6.61 Å². The Bertz CT molecular complexity index is 402. The van der Waals surface area contributed by atoms with Gasteiger partial charge in [0.25, 0.3) is 0 Å². The molecule has 0 spiro atoms. The van der Waals surface area contributed by atoms with Crippen LogP contribution >= 0.6 is 11.6 Å². The molecule has 0 bridgehead atoms. The van der Waals surface area contributed by atoms with Gasteiger partial charge in [-0.05, 0) is 5.56 Å². The molecule has 4 heteroatoms. The van der Waals surface area contributed by atoms with E-state index in [9.17, 15) is 4.79 Å². The van der Waals surface area contributed by atoms with Gasteiger partial charge in [0, 0.05) is 11.5 Å². The van der Waals surface area contributed by atoms with Gasteiger partial charge < -0.3 is 4.74 Å². The Hall–Kier alpha value is -0.803. The number of alkyl halides is 1. The number of rotatable bonds is 5. The lowest BCUT2D eigenvalue weighted by Crippen LogP contribution is -2.41. The van der Waals surface area contributed by atoms with Crippen LogP contribution in [-0.2, 0) is 16.1 Å². The second kappa shape index (κ2) is 7.11. The molecule has 0 radical (unpaired) electrons. The Morgan fingerprint density at radius 3 is 2.47 bits per heavy atom. The molecule has 1 heterocycles. The highest BCUT2D eigenvalue weighted by Gasteiger charge is 2.36. The van der Waals surface area contributed by atoms with Crippen LogP contribution in [0.3, 0.4) is 0 Å². The first-order valence-electron chi connectivity index (χ1n) is 7.00. The number of esters is 1. The van der Waals surface area contributed by atoms with Crippen LogP contribution in [0.25, 0.3) is 0 Å². The summed E-state index contributed by atoms with van der Waals surface area (Å²) >= 11 is 6.15. The number of ether oxygens (including phenoxy) is 1. The number of hydrogen-bond acceptors (Lipinski definition) is 2. The fraction of sp³-hybridized carbons (Fsp3) is 0.533. The molecule has 0 saturated carbocycles. The van der Waals surface area contributed by atoms with Crippen molar-refractivity contribution in [2.75, 3.05) is 5.50 Å². The lowest BCUT2D eigenvalue weighted by Gasteiger charge is -2.32. The molecule has 0 atom stereocenters. The van der Waals surface area contributed by atoms with Crippen LogP contribution in [0.15, 0.2) is 30.3 Å². The number of carbonyl (C=O) groups excluding carboxylic acids is 1. The van der Waals surface area contributed by atoms with Gasteiger partial charge in [0.2, 0.25) is 0 Å². The van der Waals surface area contributed by atoms with E-state index in [0.29, 0.717) is 18.2 Å². The Labute approximate surface area is 121 Å². The summed E-state index contributed by atoms with van der Waals surface area (Å²) in [5, 5.41) is 0. The van der Waals surface area contributed by atoms with Crippen molar-refractivity contribution in [1.29, 1.82) is 0 Å². The van der Waals surface area contributed by atoms with Gasteiger partial charge >= 0.3 is 5.97 Å². The predicted molar refractivity (Wildman–Crippen MR) is 81.0 cm³/mol. The van der Waals surface area contributed by atoms with Gasteiger partial charge in [-0.2, -0.15) is 0 Å². The quantitative estimate of drug-likeness (QED) is 0.464. The molecule has 104 valence electrons. The highest BCUT2D eigenvalue weighted by Crippen LogP contribution is 2.33. The minimum atomic E-state index is -1.57. The van der Waals surface area contributed by atoms with Gasteiger partial charge in [-0.3, -0.25) is 4.79 Å². The van der Waals surface area contributed by atoms with E-state index in [1.807, 2.05) is 30.3 Å². The Balaban J connectivity index is 1.83. The predicted octanol–water partition coefficient (Wildman–Crippen LogP) is 4.14. The van der Waals surface area contributed by atoms with Gasteiger partial charge in [0.15, 0.2) is 0 Å². The summed E-state index contributed by atoms with van der Waals surface area (Å²) in [6, 6.07) is 12.8. The number of hydrogen-bond donors (Lipinski definition) is 0. The van der Waals surface area contributed by atoms with Crippen LogP contribution in [-0.4, -0.2) is 19.5 Å². The van der Waals surface area contributed by atoms with Crippen molar-refractivity contribution < 1.29 is 9.53 Å². The molecule has 1 aliphatic heterocycles. The van der Waals surface area contributed by atoms with Crippen molar-refractivity contribution in [3.63, 3.8) is 0 Å². The average molecular weight is 297 g/mol. The maximum absolute atomic E-state index is 12.0. The molecule has 0 aliphatic carbocycles. The van der Waals surface area contributed by atoms with Crippen molar-refractivity contribution in [1.82, 2.24) is 0 Å². The minimum absolute atomic E-state index is 0.0573. The molecule has 2 nitrogen and oxygen atoms in total. The highest BCUT2D eigenvalue weighted by molar-refractivity contribution is 6.87. The van der Waals surface area contributed by atoms with Crippen molar-refractivity contribution in [3.05, 3.63) is 35.9 Å². The third-order valence-corrected chi connectivity index (χ3v) is 10.1. The molecule has 1 aliphatic rings. The molecule has 0 aromatic heterocycles. The van der Waals surface area contributed by atoms with Gasteiger partial charge in [-0.1, -0.05) is 61.7 Å². The SMILES string of the molecule is O=C(C[Si]1(CCl)CCCCC1)OCc1ccccc1. The summed E-state index contributed by atoms with van der Waals surface area (Å²) in [5.41, 5.74) is 1.74. The molecule has 1 aromatic rings. The zero-order chi connectivity index (χ0) is 13.6. The maximum Gasteiger partial charge on any atom is 0.303 e. The minimum Gasteiger partial charge on any atom is -0.461 e. The van der Waals surface area contributed by atoms with E-state index in [2.05, 4.69) is 0 Å². The maximum atomic E-state index is 12.0. The van der Waals surface area contributed by atoms with E-state index >= 15 is 0 Å². The Morgan fingerprint density at radius 1 is 1.16 bits per heavy atom. The second-order valence-corrected chi connectivity index (χ2v) is 10.9.